The summed E-state index contributed by atoms with van der Waals surface area (Å²) in [4.78, 5) is 0. The minimum atomic E-state index is -0.398. The molecule has 1 aromatic carbocycles. The second-order valence-corrected chi connectivity index (χ2v) is 4.90. The minimum Gasteiger partial charge on any atom is -0.493 e. The molecule has 1 aliphatic rings. The van der Waals surface area contributed by atoms with E-state index in [1.165, 1.54) is 0 Å². The Kier molecular flexibility index (Phi) is 2.58. The predicted octanol–water partition coefficient (Wildman–Crippen LogP) is 2.42. The van der Waals surface area contributed by atoms with E-state index in [1.54, 1.807) is 14.2 Å². The van der Waals surface area contributed by atoms with Crippen molar-refractivity contribution >= 4 is 0 Å². The van der Waals surface area contributed by atoms with Gasteiger partial charge in [0.05, 0.1) is 20.3 Å². The van der Waals surface area contributed by atoms with Gasteiger partial charge in [0.1, 0.15) is 0 Å². The summed E-state index contributed by atoms with van der Waals surface area (Å²) in [5, 5.41) is 10.0. The summed E-state index contributed by atoms with van der Waals surface area (Å²) in [5.41, 5.74) is 2.11. The maximum Gasteiger partial charge on any atom is 0.161 e. The van der Waals surface area contributed by atoms with Crippen molar-refractivity contribution in [3.05, 3.63) is 23.3 Å². The molecule has 0 bridgehead atoms. The first-order valence-corrected chi connectivity index (χ1v) is 5.44. The highest BCUT2D eigenvalue weighted by Gasteiger charge is 2.37. The van der Waals surface area contributed by atoms with Crippen molar-refractivity contribution in [3.63, 3.8) is 0 Å². The van der Waals surface area contributed by atoms with Gasteiger partial charge in [-0.15, -0.1) is 0 Å². The van der Waals surface area contributed by atoms with Crippen LogP contribution in [0.3, 0.4) is 0 Å². The Morgan fingerprint density at radius 3 is 2.31 bits per heavy atom. The van der Waals surface area contributed by atoms with Crippen LogP contribution in [0.1, 0.15) is 37.5 Å². The number of ether oxygens (including phenoxy) is 2. The van der Waals surface area contributed by atoms with Crippen LogP contribution in [-0.2, 0) is 5.41 Å². The highest BCUT2D eigenvalue weighted by Crippen LogP contribution is 2.48. The summed E-state index contributed by atoms with van der Waals surface area (Å²) in [6.45, 7) is 4.27. The molecule has 0 aromatic heterocycles. The molecule has 0 spiro atoms. The van der Waals surface area contributed by atoms with Crippen LogP contribution in [0.15, 0.2) is 12.1 Å². The number of hydrogen-bond acceptors (Lipinski definition) is 3. The summed E-state index contributed by atoms with van der Waals surface area (Å²) >= 11 is 0. The fourth-order valence-corrected chi connectivity index (χ4v) is 2.46. The van der Waals surface area contributed by atoms with Crippen LogP contribution in [0.2, 0.25) is 0 Å². The van der Waals surface area contributed by atoms with Crippen LogP contribution < -0.4 is 9.47 Å². The van der Waals surface area contributed by atoms with Crippen LogP contribution in [0, 0.1) is 0 Å². The molecule has 0 heterocycles. The Morgan fingerprint density at radius 2 is 1.75 bits per heavy atom. The first-order valence-electron chi connectivity index (χ1n) is 5.44. The molecule has 0 fully saturated rings. The van der Waals surface area contributed by atoms with Crippen molar-refractivity contribution in [1.29, 1.82) is 0 Å². The van der Waals surface area contributed by atoms with Gasteiger partial charge in [0.2, 0.25) is 0 Å². The average molecular weight is 222 g/mol. The third-order valence-corrected chi connectivity index (χ3v) is 3.35. The van der Waals surface area contributed by atoms with Gasteiger partial charge in [0.15, 0.2) is 11.5 Å². The Labute approximate surface area is 96.0 Å². The lowest BCUT2D eigenvalue weighted by Crippen LogP contribution is -2.12. The zero-order valence-corrected chi connectivity index (χ0v) is 10.2. The third kappa shape index (κ3) is 1.55. The smallest absolute Gasteiger partial charge is 0.161 e. The molecule has 88 valence electrons. The van der Waals surface area contributed by atoms with Gasteiger partial charge in [-0.3, -0.25) is 0 Å². The van der Waals surface area contributed by atoms with Crippen LogP contribution in [-0.4, -0.2) is 19.3 Å². The second-order valence-electron chi connectivity index (χ2n) is 4.90. The quantitative estimate of drug-likeness (QED) is 0.835. The molecular formula is C13H18O3. The normalized spacial score (nSPS) is 21.7. The maximum absolute atomic E-state index is 10.0. The lowest BCUT2D eigenvalue weighted by atomic mass is 9.86. The molecular weight excluding hydrogens is 204 g/mol. The number of aliphatic hydroxyl groups excluding tert-OH is 1. The molecule has 1 aliphatic carbocycles. The molecule has 0 aliphatic heterocycles. The van der Waals surface area contributed by atoms with Crippen molar-refractivity contribution in [2.24, 2.45) is 0 Å². The van der Waals surface area contributed by atoms with Gasteiger partial charge in [0.25, 0.3) is 0 Å². The molecule has 1 N–H and O–H groups in total. The fraction of sp³-hybridized carbons (Fsp3) is 0.538. The molecule has 0 unspecified atom stereocenters. The largest absolute Gasteiger partial charge is 0.493 e. The highest BCUT2D eigenvalue weighted by atomic mass is 16.5. The summed E-state index contributed by atoms with van der Waals surface area (Å²) in [7, 11) is 3.24. The molecule has 0 saturated heterocycles. The van der Waals surface area contributed by atoms with Gasteiger partial charge in [-0.2, -0.15) is 0 Å². The summed E-state index contributed by atoms with van der Waals surface area (Å²) in [6.07, 6.45) is 0.350. The van der Waals surface area contributed by atoms with Crippen molar-refractivity contribution < 1.29 is 14.6 Å². The van der Waals surface area contributed by atoms with Crippen molar-refractivity contribution in [2.75, 3.05) is 14.2 Å². The second kappa shape index (κ2) is 3.67. The molecule has 0 saturated carbocycles. The van der Waals surface area contributed by atoms with E-state index in [2.05, 4.69) is 13.8 Å². The van der Waals surface area contributed by atoms with Crippen LogP contribution in [0.4, 0.5) is 0 Å². The Bertz CT molecular complexity index is 410. The number of hydrogen-bond donors (Lipinski definition) is 1. The van der Waals surface area contributed by atoms with E-state index in [0.717, 1.165) is 23.3 Å². The summed E-state index contributed by atoms with van der Waals surface area (Å²) in [6, 6.07) is 3.86. The Hall–Kier alpha value is -1.22. The number of methoxy groups -OCH3 is 2. The SMILES string of the molecule is COc1cc2c(cc1OC)C(C)(C)C[C@@H]2O. The number of rotatable bonds is 2. The van der Waals surface area contributed by atoms with E-state index in [1.807, 2.05) is 12.1 Å². The van der Waals surface area contributed by atoms with Gasteiger partial charge in [0, 0.05) is 0 Å². The topological polar surface area (TPSA) is 38.7 Å². The molecule has 1 aromatic rings. The maximum atomic E-state index is 10.0. The third-order valence-electron chi connectivity index (χ3n) is 3.35. The number of fused-ring (bicyclic) bond motifs is 1. The fourth-order valence-electron chi connectivity index (χ4n) is 2.46. The van der Waals surface area contributed by atoms with E-state index in [4.69, 9.17) is 9.47 Å². The molecule has 3 heteroatoms. The minimum absolute atomic E-state index is 0.00565. The summed E-state index contributed by atoms with van der Waals surface area (Å²) in [5.74, 6) is 1.40. The predicted molar refractivity (Wildman–Crippen MR) is 62.1 cm³/mol. The van der Waals surface area contributed by atoms with Gasteiger partial charge < -0.3 is 14.6 Å². The van der Waals surface area contributed by atoms with E-state index < -0.39 is 6.10 Å². The number of benzene rings is 1. The van der Waals surface area contributed by atoms with Crippen LogP contribution >= 0.6 is 0 Å². The average Bonchev–Trinajstić information content (AvgIpc) is 2.47. The van der Waals surface area contributed by atoms with Crippen molar-refractivity contribution in [2.45, 2.75) is 31.8 Å². The molecule has 16 heavy (non-hydrogen) atoms. The van der Waals surface area contributed by atoms with Crippen molar-refractivity contribution in [1.82, 2.24) is 0 Å². The molecule has 2 rings (SSSR count). The molecule has 0 amide bonds. The first kappa shape index (κ1) is 11.3. The first-order chi connectivity index (χ1) is 7.49. The lowest BCUT2D eigenvalue weighted by molar-refractivity contribution is 0.161. The Morgan fingerprint density at radius 1 is 1.19 bits per heavy atom. The van der Waals surface area contributed by atoms with Gasteiger partial charge >= 0.3 is 0 Å². The van der Waals surface area contributed by atoms with Gasteiger partial charge in [-0.1, -0.05) is 13.8 Å². The monoisotopic (exact) mass is 222 g/mol. The molecule has 0 radical (unpaired) electrons. The lowest BCUT2D eigenvalue weighted by Gasteiger charge is -2.19. The van der Waals surface area contributed by atoms with E-state index in [-0.39, 0.29) is 5.41 Å². The zero-order valence-electron chi connectivity index (χ0n) is 10.2. The van der Waals surface area contributed by atoms with E-state index in [0.29, 0.717) is 5.75 Å². The standard InChI is InChI=1S/C13H18O3/c1-13(2)7-10(14)8-5-11(15-3)12(16-4)6-9(8)13/h5-6,10,14H,7H2,1-4H3/t10-/m0/s1. The highest BCUT2D eigenvalue weighted by molar-refractivity contribution is 5.52. The van der Waals surface area contributed by atoms with Crippen LogP contribution in [0.25, 0.3) is 0 Å². The van der Waals surface area contributed by atoms with Gasteiger partial charge in [-0.05, 0) is 35.1 Å². The van der Waals surface area contributed by atoms with Crippen molar-refractivity contribution in [3.8, 4) is 11.5 Å². The Balaban J connectivity index is 2.59. The van der Waals surface area contributed by atoms with E-state index in [9.17, 15) is 5.11 Å². The molecule has 3 nitrogen and oxygen atoms in total. The van der Waals surface area contributed by atoms with Gasteiger partial charge in [-0.25, -0.2) is 0 Å². The summed E-state index contributed by atoms with van der Waals surface area (Å²) < 4.78 is 10.5. The van der Waals surface area contributed by atoms with Crippen LogP contribution in [0.5, 0.6) is 11.5 Å². The number of aliphatic hydroxyl groups is 1. The van der Waals surface area contributed by atoms with E-state index >= 15 is 0 Å². The zero-order chi connectivity index (χ0) is 11.9. The molecule has 1 atom stereocenters.